The topological polar surface area (TPSA) is 113 Å². The minimum absolute atomic E-state index is 0.131. The number of nitro groups is 1. The van der Waals surface area contributed by atoms with Gasteiger partial charge in [0.2, 0.25) is 10.0 Å². The van der Waals surface area contributed by atoms with Crippen LogP contribution in [0.15, 0.2) is 59.5 Å². The zero-order chi connectivity index (χ0) is 20.9. The van der Waals surface area contributed by atoms with Crippen molar-refractivity contribution in [1.82, 2.24) is 14.5 Å². The summed E-state index contributed by atoms with van der Waals surface area (Å²) in [4.78, 5) is 24.8. The van der Waals surface area contributed by atoms with Crippen LogP contribution in [0.4, 0.5) is 5.69 Å². The second kappa shape index (κ2) is 9.12. The molecule has 0 radical (unpaired) electrons. The van der Waals surface area contributed by atoms with Gasteiger partial charge in [-0.15, -0.1) is 0 Å². The Kier molecular flexibility index (Phi) is 6.57. The van der Waals surface area contributed by atoms with Crippen molar-refractivity contribution in [2.45, 2.75) is 4.90 Å². The van der Waals surface area contributed by atoms with Crippen molar-refractivity contribution in [2.75, 3.05) is 39.3 Å². The third-order valence-corrected chi connectivity index (χ3v) is 6.66. The van der Waals surface area contributed by atoms with Crippen LogP contribution in [0.2, 0.25) is 0 Å². The second-order valence-corrected chi connectivity index (χ2v) is 8.56. The van der Waals surface area contributed by atoms with Crippen LogP contribution in [0.25, 0.3) is 0 Å². The quantitative estimate of drug-likeness (QED) is 0.536. The second-order valence-electron chi connectivity index (χ2n) is 6.62. The van der Waals surface area contributed by atoms with Crippen LogP contribution in [0.1, 0.15) is 10.4 Å². The summed E-state index contributed by atoms with van der Waals surface area (Å²) in [6.07, 6.45) is 0. The molecule has 1 aliphatic heterocycles. The van der Waals surface area contributed by atoms with Gasteiger partial charge in [0.15, 0.2) is 0 Å². The van der Waals surface area contributed by atoms with E-state index in [2.05, 4.69) is 10.2 Å². The molecule has 29 heavy (non-hydrogen) atoms. The lowest BCUT2D eigenvalue weighted by Crippen LogP contribution is -2.50. The van der Waals surface area contributed by atoms with Crippen molar-refractivity contribution in [2.24, 2.45) is 0 Å². The lowest BCUT2D eigenvalue weighted by molar-refractivity contribution is -0.384. The summed E-state index contributed by atoms with van der Waals surface area (Å²) in [7, 11) is -3.48. The number of non-ortho nitro benzene ring substituents is 1. The number of carbonyl (C=O) groups excluding carboxylic acids is 1. The van der Waals surface area contributed by atoms with Crippen LogP contribution in [0.5, 0.6) is 0 Å². The Balaban J connectivity index is 1.46. The van der Waals surface area contributed by atoms with Gasteiger partial charge in [0, 0.05) is 57.0 Å². The van der Waals surface area contributed by atoms with Crippen LogP contribution in [0.3, 0.4) is 0 Å². The zero-order valence-electron chi connectivity index (χ0n) is 15.7. The zero-order valence-corrected chi connectivity index (χ0v) is 16.5. The molecule has 2 aromatic rings. The first-order chi connectivity index (χ1) is 13.9. The Morgan fingerprint density at radius 1 is 1.03 bits per heavy atom. The molecule has 0 bridgehead atoms. The largest absolute Gasteiger partial charge is 0.351 e. The normalized spacial score (nSPS) is 15.7. The molecule has 154 valence electrons. The summed E-state index contributed by atoms with van der Waals surface area (Å²) in [6.45, 7) is 2.84. The van der Waals surface area contributed by atoms with E-state index in [-0.39, 0.29) is 22.1 Å². The van der Waals surface area contributed by atoms with E-state index in [4.69, 9.17) is 0 Å². The summed E-state index contributed by atoms with van der Waals surface area (Å²) in [5.41, 5.74) is 0.103. The predicted octanol–water partition coefficient (Wildman–Crippen LogP) is 1.33. The molecule has 1 aliphatic rings. The van der Waals surface area contributed by atoms with E-state index in [1.54, 1.807) is 30.3 Å². The Labute approximate surface area is 169 Å². The fraction of sp³-hybridized carbons (Fsp3) is 0.316. The number of nitrogens with zero attached hydrogens (tertiary/aromatic N) is 3. The van der Waals surface area contributed by atoms with Crippen molar-refractivity contribution < 1.29 is 18.1 Å². The Bertz CT molecular complexity index is 973. The van der Waals surface area contributed by atoms with Gasteiger partial charge in [-0.3, -0.25) is 19.8 Å². The van der Waals surface area contributed by atoms with Gasteiger partial charge in [0.1, 0.15) is 0 Å². The van der Waals surface area contributed by atoms with Gasteiger partial charge in [-0.2, -0.15) is 4.31 Å². The van der Waals surface area contributed by atoms with Crippen molar-refractivity contribution in [3.8, 4) is 0 Å². The van der Waals surface area contributed by atoms with Gasteiger partial charge in [0.05, 0.1) is 9.82 Å². The average molecular weight is 418 g/mol. The molecule has 1 fully saturated rings. The minimum atomic E-state index is -3.48. The number of benzene rings is 2. The molecule has 0 unspecified atom stereocenters. The number of rotatable bonds is 7. The van der Waals surface area contributed by atoms with E-state index in [0.717, 1.165) is 0 Å². The molecule has 0 aromatic heterocycles. The number of nitrogens with one attached hydrogen (secondary N) is 1. The smallest absolute Gasteiger partial charge is 0.270 e. The summed E-state index contributed by atoms with van der Waals surface area (Å²) in [5, 5.41) is 13.5. The molecule has 9 nitrogen and oxygen atoms in total. The molecular formula is C19H22N4O5S. The van der Waals surface area contributed by atoms with Gasteiger partial charge in [-0.25, -0.2) is 8.42 Å². The highest BCUT2D eigenvalue weighted by molar-refractivity contribution is 7.89. The number of carbonyl (C=O) groups is 1. The number of hydrogen-bond donors (Lipinski definition) is 1. The molecule has 2 aromatic carbocycles. The molecule has 1 saturated heterocycles. The minimum Gasteiger partial charge on any atom is -0.351 e. The first-order valence-electron chi connectivity index (χ1n) is 9.18. The maximum absolute atomic E-state index is 12.6. The first-order valence-corrected chi connectivity index (χ1v) is 10.6. The maximum atomic E-state index is 12.6. The SMILES string of the molecule is O=C(NCCN1CCN(S(=O)(=O)c2ccccc2)CC1)c1cccc([N+](=O)[O-])c1. The van der Waals surface area contributed by atoms with Crippen LogP contribution in [-0.4, -0.2) is 67.7 Å². The van der Waals surface area contributed by atoms with Gasteiger partial charge in [0.25, 0.3) is 11.6 Å². The molecule has 3 rings (SSSR count). The van der Waals surface area contributed by atoms with E-state index in [1.807, 2.05) is 0 Å². The third-order valence-electron chi connectivity index (χ3n) is 4.74. The van der Waals surface area contributed by atoms with Gasteiger partial charge in [-0.1, -0.05) is 24.3 Å². The summed E-state index contributed by atoms with van der Waals surface area (Å²) < 4.78 is 26.7. The number of nitro benzene ring substituents is 1. The van der Waals surface area contributed by atoms with Crippen molar-refractivity contribution in [3.63, 3.8) is 0 Å². The molecular weight excluding hydrogens is 396 g/mol. The molecule has 1 heterocycles. The van der Waals surface area contributed by atoms with E-state index in [0.29, 0.717) is 39.3 Å². The Hall–Kier alpha value is -2.82. The summed E-state index contributed by atoms with van der Waals surface area (Å²) in [6, 6.07) is 13.9. The Morgan fingerprint density at radius 3 is 2.38 bits per heavy atom. The Morgan fingerprint density at radius 2 is 1.72 bits per heavy atom. The fourth-order valence-corrected chi connectivity index (χ4v) is 4.57. The lowest BCUT2D eigenvalue weighted by atomic mass is 10.2. The maximum Gasteiger partial charge on any atom is 0.270 e. The molecule has 0 saturated carbocycles. The highest BCUT2D eigenvalue weighted by Gasteiger charge is 2.28. The molecule has 0 aliphatic carbocycles. The highest BCUT2D eigenvalue weighted by atomic mass is 32.2. The number of sulfonamides is 1. The summed E-state index contributed by atoms with van der Waals surface area (Å²) >= 11 is 0. The van der Waals surface area contributed by atoms with E-state index < -0.39 is 14.9 Å². The molecule has 1 N–H and O–H groups in total. The van der Waals surface area contributed by atoms with Gasteiger partial charge < -0.3 is 5.32 Å². The van der Waals surface area contributed by atoms with Crippen LogP contribution in [0, 0.1) is 10.1 Å². The van der Waals surface area contributed by atoms with E-state index in [1.165, 1.54) is 28.6 Å². The summed E-state index contributed by atoms with van der Waals surface area (Å²) in [5.74, 6) is -0.376. The fourth-order valence-electron chi connectivity index (χ4n) is 3.13. The van der Waals surface area contributed by atoms with Crippen LogP contribution in [-0.2, 0) is 10.0 Å². The first kappa shape index (κ1) is 20.9. The lowest BCUT2D eigenvalue weighted by Gasteiger charge is -2.33. The van der Waals surface area contributed by atoms with E-state index in [9.17, 15) is 23.3 Å². The third kappa shape index (κ3) is 5.17. The molecule has 10 heteroatoms. The molecule has 0 atom stereocenters. The standard InChI is InChI=1S/C19H22N4O5S/c24-19(16-5-4-6-17(15-16)23(25)26)20-9-10-21-11-13-22(14-12-21)29(27,28)18-7-2-1-3-8-18/h1-8,15H,9-14H2,(H,20,24). The molecule has 1 amide bonds. The highest BCUT2D eigenvalue weighted by Crippen LogP contribution is 2.17. The van der Waals surface area contributed by atoms with Crippen molar-refractivity contribution in [1.29, 1.82) is 0 Å². The average Bonchev–Trinajstić information content (AvgIpc) is 2.74. The van der Waals surface area contributed by atoms with Crippen LogP contribution >= 0.6 is 0 Å². The monoisotopic (exact) mass is 418 g/mol. The number of amides is 1. The van der Waals surface area contributed by atoms with Crippen molar-refractivity contribution in [3.05, 3.63) is 70.3 Å². The predicted molar refractivity (Wildman–Crippen MR) is 107 cm³/mol. The van der Waals surface area contributed by atoms with Crippen LogP contribution < -0.4 is 5.32 Å². The van der Waals surface area contributed by atoms with E-state index >= 15 is 0 Å². The van der Waals surface area contributed by atoms with Gasteiger partial charge in [-0.05, 0) is 18.2 Å². The number of hydrogen-bond acceptors (Lipinski definition) is 6. The van der Waals surface area contributed by atoms with Crippen molar-refractivity contribution >= 4 is 21.6 Å². The molecule has 0 spiro atoms. The van der Waals surface area contributed by atoms with Gasteiger partial charge >= 0.3 is 0 Å². The number of piperazine rings is 1.